The number of aromatic nitrogens is 1. The molecule has 1 aromatic heterocycles. The quantitative estimate of drug-likeness (QED) is 0.322. The van der Waals surface area contributed by atoms with Gasteiger partial charge >= 0.3 is 0 Å². The number of benzene rings is 2. The second-order valence-corrected chi connectivity index (χ2v) is 6.77. The predicted molar refractivity (Wildman–Crippen MR) is 109 cm³/mol. The van der Waals surface area contributed by atoms with Gasteiger partial charge in [-0.1, -0.05) is 12.6 Å². The van der Waals surface area contributed by atoms with Crippen LogP contribution in [0.25, 0.3) is 10.9 Å². The molecule has 0 saturated carbocycles. The maximum atomic E-state index is 13.5. The summed E-state index contributed by atoms with van der Waals surface area (Å²) in [5.74, 6) is -2.20. The standard InChI is InChI=1S/C23H21F3N2O2/c1-14(9-18(30-2)10-15-3-5-20(25)21(26)11-15)23(29)27-8-7-16-13-28-22-6-4-17(24)12-19(16)22/h3-6,9,11-13,28H,1,7-8,10H2,2H3,(H,27,29)/b18-9-. The highest BCUT2D eigenvalue weighted by Crippen LogP contribution is 2.19. The molecule has 0 saturated heterocycles. The summed E-state index contributed by atoms with van der Waals surface area (Å²) in [5.41, 5.74) is 2.38. The van der Waals surface area contributed by atoms with Crippen molar-refractivity contribution in [1.29, 1.82) is 0 Å². The third-order valence-electron chi connectivity index (χ3n) is 4.66. The molecule has 156 valence electrons. The number of nitrogens with one attached hydrogen (secondary N) is 2. The van der Waals surface area contributed by atoms with Crippen molar-refractivity contribution in [2.45, 2.75) is 12.8 Å². The fourth-order valence-corrected chi connectivity index (χ4v) is 3.07. The first-order valence-corrected chi connectivity index (χ1v) is 9.28. The van der Waals surface area contributed by atoms with Gasteiger partial charge in [-0.3, -0.25) is 4.79 Å². The Bertz CT molecular complexity index is 1120. The van der Waals surface area contributed by atoms with Gasteiger partial charge in [0.2, 0.25) is 0 Å². The van der Waals surface area contributed by atoms with E-state index in [1.807, 2.05) is 0 Å². The topological polar surface area (TPSA) is 54.1 Å². The molecule has 2 N–H and O–H groups in total. The summed E-state index contributed by atoms with van der Waals surface area (Å²) in [7, 11) is 1.42. The molecule has 1 amide bonds. The lowest BCUT2D eigenvalue weighted by atomic mass is 10.1. The average molecular weight is 414 g/mol. The number of H-pyrrole nitrogens is 1. The van der Waals surface area contributed by atoms with Gasteiger partial charge in [0.25, 0.3) is 5.91 Å². The average Bonchev–Trinajstić information content (AvgIpc) is 3.12. The predicted octanol–water partition coefficient (Wildman–Crippen LogP) is 4.57. The molecule has 3 rings (SSSR count). The molecule has 3 aromatic rings. The van der Waals surface area contributed by atoms with Crippen LogP contribution in [0.3, 0.4) is 0 Å². The van der Waals surface area contributed by atoms with E-state index in [0.29, 0.717) is 24.3 Å². The fraction of sp³-hybridized carbons (Fsp3) is 0.174. The maximum absolute atomic E-state index is 13.5. The second-order valence-electron chi connectivity index (χ2n) is 6.77. The van der Waals surface area contributed by atoms with Gasteiger partial charge in [0.15, 0.2) is 11.6 Å². The van der Waals surface area contributed by atoms with Crippen molar-refractivity contribution in [3.63, 3.8) is 0 Å². The van der Waals surface area contributed by atoms with E-state index in [9.17, 15) is 18.0 Å². The molecule has 0 unspecified atom stereocenters. The zero-order valence-corrected chi connectivity index (χ0v) is 16.4. The molecule has 0 bridgehead atoms. The van der Waals surface area contributed by atoms with Gasteiger partial charge in [0.05, 0.1) is 7.11 Å². The van der Waals surface area contributed by atoms with Crippen LogP contribution >= 0.6 is 0 Å². The molecule has 0 atom stereocenters. The molecule has 0 fully saturated rings. The van der Waals surface area contributed by atoms with Crippen molar-refractivity contribution >= 4 is 16.8 Å². The summed E-state index contributed by atoms with van der Waals surface area (Å²) in [4.78, 5) is 15.4. The Kier molecular flexibility index (Phi) is 6.61. The number of fused-ring (bicyclic) bond motifs is 1. The molecule has 0 aliphatic carbocycles. The Labute approximate surface area is 172 Å². The number of aromatic amines is 1. The van der Waals surface area contributed by atoms with Gasteiger partial charge in [-0.15, -0.1) is 0 Å². The lowest BCUT2D eigenvalue weighted by molar-refractivity contribution is -0.117. The molecule has 30 heavy (non-hydrogen) atoms. The van der Waals surface area contributed by atoms with E-state index >= 15 is 0 Å². The third kappa shape index (κ3) is 5.11. The van der Waals surface area contributed by atoms with E-state index in [1.54, 1.807) is 12.3 Å². The lowest BCUT2D eigenvalue weighted by Gasteiger charge is -2.09. The fourth-order valence-electron chi connectivity index (χ4n) is 3.07. The molecule has 0 spiro atoms. The lowest BCUT2D eigenvalue weighted by Crippen LogP contribution is -2.26. The maximum Gasteiger partial charge on any atom is 0.250 e. The number of hydrogen-bond donors (Lipinski definition) is 2. The van der Waals surface area contributed by atoms with Crippen LogP contribution in [0.15, 0.2) is 66.6 Å². The first-order valence-electron chi connectivity index (χ1n) is 9.28. The van der Waals surface area contributed by atoms with Crippen molar-refractivity contribution in [1.82, 2.24) is 10.3 Å². The smallest absolute Gasteiger partial charge is 0.250 e. The highest BCUT2D eigenvalue weighted by Gasteiger charge is 2.10. The molecule has 4 nitrogen and oxygen atoms in total. The number of halogens is 3. The molecule has 1 heterocycles. The van der Waals surface area contributed by atoms with Crippen LogP contribution in [0.4, 0.5) is 13.2 Å². The SMILES string of the molecule is C=C(/C=C(/Cc1ccc(F)c(F)c1)OC)C(=O)NCCc1c[nH]c2ccc(F)cc12. The van der Waals surface area contributed by atoms with E-state index in [-0.39, 0.29) is 23.7 Å². The number of carbonyl (C=O) groups is 1. The zero-order chi connectivity index (χ0) is 21.7. The van der Waals surface area contributed by atoms with Crippen LogP contribution < -0.4 is 5.32 Å². The van der Waals surface area contributed by atoms with Crippen LogP contribution in [0.2, 0.25) is 0 Å². The summed E-state index contributed by atoms with van der Waals surface area (Å²) < 4.78 is 45.1. The van der Waals surface area contributed by atoms with Gasteiger partial charge in [0.1, 0.15) is 11.6 Å². The van der Waals surface area contributed by atoms with E-state index in [2.05, 4.69) is 16.9 Å². The van der Waals surface area contributed by atoms with Gasteiger partial charge in [-0.05, 0) is 54.0 Å². The highest BCUT2D eigenvalue weighted by atomic mass is 19.2. The molecular formula is C23H21F3N2O2. The Morgan fingerprint density at radius 3 is 2.70 bits per heavy atom. The summed E-state index contributed by atoms with van der Waals surface area (Å²) in [5, 5.41) is 3.53. The number of carbonyl (C=O) groups excluding carboxylic acids is 1. The number of ether oxygens (including phenoxy) is 1. The normalized spacial score (nSPS) is 11.5. The molecule has 7 heteroatoms. The molecule has 0 aliphatic heterocycles. The van der Waals surface area contributed by atoms with Crippen LogP contribution in [0.5, 0.6) is 0 Å². The van der Waals surface area contributed by atoms with E-state index in [1.165, 1.54) is 31.4 Å². The Balaban J connectivity index is 1.57. The number of amides is 1. The van der Waals surface area contributed by atoms with Gasteiger partial charge in [-0.25, -0.2) is 13.2 Å². The molecular weight excluding hydrogens is 393 g/mol. The number of hydrogen-bond acceptors (Lipinski definition) is 2. The first-order chi connectivity index (χ1) is 14.4. The zero-order valence-electron chi connectivity index (χ0n) is 16.4. The largest absolute Gasteiger partial charge is 0.501 e. The highest BCUT2D eigenvalue weighted by molar-refractivity contribution is 5.95. The second kappa shape index (κ2) is 9.35. The van der Waals surface area contributed by atoms with E-state index in [4.69, 9.17) is 4.74 Å². The minimum absolute atomic E-state index is 0.166. The minimum Gasteiger partial charge on any atom is -0.501 e. The van der Waals surface area contributed by atoms with Crippen molar-refractivity contribution < 1.29 is 22.7 Å². The summed E-state index contributed by atoms with van der Waals surface area (Å²) in [6, 6.07) is 8.06. The Hall–Kier alpha value is -3.48. The number of allylic oxidation sites excluding steroid dienone is 1. The number of rotatable bonds is 8. The first kappa shape index (κ1) is 21.2. The molecule has 0 aliphatic rings. The van der Waals surface area contributed by atoms with Crippen molar-refractivity contribution in [3.05, 3.63) is 95.2 Å². The summed E-state index contributed by atoms with van der Waals surface area (Å²) >= 11 is 0. The summed E-state index contributed by atoms with van der Waals surface area (Å²) in [6.45, 7) is 4.07. The minimum atomic E-state index is -0.948. The van der Waals surface area contributed by atoms with Crippen LogP contribution in [-0.2, 0) is 22.4 Å². The van der Waals surface area contributed by atoms with Gasteiger partial charge in [0, 0.05) is 35.6 Å². The van der Waals surface area contributed by atoms with E-state index in [0.717, 1.165) is 28.6 Å². The molecule has 2 aromatic carbocycles. The van der Waals surface area contributed by atoms with Crippen molar-refractivity contribution in [2.24, 2.45) is 0 Å². The van der Waals surface area contributed by atoms with Crippen molar-refractivity contribution in [3.8, 4) is 0 Å². The van der Waals surface area contributed by atoms with Crippen molar-refractivity contribution in [2.75, 3.05) is 13.7 Å². The number of methoxy groups -OCH3 is 1. The van der Waals surface area contributed by atoms with Gasteiger partial charge < -0.3 is 15.0 Å². The monoisotopic (exact) mass is 414 g/mol. The third-order valence-corrected chi connectivity index (χ3v) is 4.66. The summed E-state index contributed by atoms with van der Waals surface area (Å²) in [6.07, 6.45) is 3.94. The van der Waals surface area contributed by atoms with Gasteiger partial charge in [-0.2, -0.15) is 0 Å². The molecule has 0 radical (unpaired) electrons. The Morgan fingerprint density at radius 2 is 1.97 bits per heavy atom. The van der Waals surface area contributed by atoms with Crippen LogP contribution in [0, 0.1) is 17.5 Å². The van der Waals surface area contributed by atoms with Crippen LogP contribution in [-0.4, -0.2) is 24.5 Å². The Morgan fingerprint density at radius 1 is 1.17 bits per heavy atom. The van der Waals surface area contributed by atoms with Crippen LogP contribution in [0.1, 0.15) is 11.1 Å². The van der Waals surface area contributed by atoms with E-state index < -0.39 is 11.6 Å².